The third-order valence-corrected chi connectivity index (χ3v) is 14.1. The first kappa shape index (κ1) is 42.7. The van der Waals surface area contributed by atoms with Gasteiger partial charge in [0.2, 0.25) is 0 Å². The van der Waals surface area contributed by atoms with Crippen LogP contribution >= 0.6 is 0 Å². The number of aryl methyl sites for hydroxylation is 1. The van der Waals surface area contributed by atoms with Gasteiger partial charge in [0.1, 0.15) is 0 Å². The molecule has 0 amide bonds. The molecule has 7 aromatic rings. The molecule has 2 aliphatic rings. The number of fused-ring (bicyclic) bond motifs is 1. The first-order valence-electron chi connectivity index (χ1n) is 22.6. The lowest BCUT2D eigenvalue weighted by Gasteiger charge is -2.32. The van der Waals surface area contributed by atoms with E-state index in [0.717, 1.165) is 73.3 Å². The van der Waals surface area contributed by atoms with Crippen molar-refractivity contribution in [3.05, 3.63) is 162 Å². The van der Waals surface area contributed by atoms with E-state index in [1.807, 2.05) is 6.20 Å². The first-order chi connectivity index (χ1) is 29.7. The molecule has 1 aliphatic carbocycles. The van der Waals surface area contributed by atoms with E-state index in [4.69, 9.17) is 19.3 Å². The van der Waals surface area contributed by atoms with E-state index in [-0.39, 0.29) is 16.2 Å². The molecular weight excluding hydrogens is 767 g/mol. The SMILES string of the molecule is Cc1cc(-c2ccc3c(c2)C(C)(C)CC3(C)C)ncc1-c1ccccc1-c1cc(B2OC(C)(C)C(C)(C)O2)cc(-c2ccccc2-c2ccc(-c3cc(C(C)(C)C)ccn3)cc2)c1. The molecule has 5 heteroatoms. The van der Waals surface area contributed by atoms with Gasteiger partial charge in [0.15, 0.2) is 0 Å². The van der Waals surface area contributed by atoms with Gasteiger partial charge in [0, 0.05) is 29.1 Å². The molecule has 0 saturated carbocycles. The van der Waals surface area contributed by atoms with Gasteiger partial charge in [-0.15, -0.1) is 0 Å². The lowest BCUT2D eigenvalue weighted by molar-refractivity contribution is 0.00578. The second-order valence-corrected chi connectivity index (χ2v) is 21.4. The van der Waals surface area contributed by atoms with Crippen molar-refractivity contribution in [3.63, 3.8) is 0 Å². The van der Waals surface area contributed by atoms with E-state index in [0.29, 0.717) is 0 Å². The molecule has 4 nitrogen and oxygen atoms in total. The highest BCUT2D eigenvalue weighted by Gasteiger charge is 2.52. The van der Waals surface area contributed by atoms with Gasteiger partial charge in [0.05, 0.1) is 22.6 Å². The Labute approximate surface area is 376 Å². The lowest BCUT2D eigenvalue weighted by atomic mass is 9.75. The maximum absolute atomic E-state index is 6.73. The van der Waals surface area contributed by atoms with E-state index in [1.165, 1.54) is 27.8 Å². The van der Waals surface area contributed by atoms with Crippen molar-refractivity contribution in [3.8, 4) is 67.0 Å². The summed E-state index contributed by atoms with van der Waals surface area (Å²) in [5, 5.41) is 0. The third kappa shape index (κ3) is 7.89. The molecule has 5 aromatic carbocycles. The molecule has 3 heterocycles. The minimum Gasteiger partial charge on any atom is -0.399 e. The highest BCUT2D eigenvalue weighted by atomic mass is 16.7. The molecule has 1 aliphatic heterocycles. The highest BCUT2D eigenvalue weighted by molar-refractivity contribution is 6.62. The molecular formula is C58H61BN2O2. The predicted molar refractivity (Wildman–Crippen MR) is 264 cm³/mol. The number of hydrogen-bond acceptors (Lipinski definition) is 4. The molecule has 2 aromatic heterocycles. The van der Waals surface area contributed by atoms with E-state index in [2.05, 4.69) is 217 Å². The number of pyridine rings is 2. The lowest BCUT2D eigenvalue weighted by Crippen LogP contribution is -2.41. The molecule has 0 unspecified atom stereocenters. The molecule has 0 N–H and O–H groups in total. The van der Waals surface area contributed by atoms with Gasteiger partial charge >= 0.3 is 7.12 Å². The van der Waals surface area contributed by atoms with Crippen LogP contribution in [0.4, 0.5) is 0 Å². The Bertz CT molecular complexity index is 2860. The summed E-state index contributed by atoms with van der Waals surface area (Å²) in [6.45, 7) is 26.9. The Hall–Kier alpha value is -5.62. The normalized spacial score (nSPS) is 17.2. The molecule has 9 rings (SSSR count). The minimum absolute atomic E-state index is 0.0448. The second kappa shape index (κ2) is 15.3. The van der Waals surface area contributed by atoms with Crippen LogP contribution < -0.4 is 5.46 Å². The topological polar surface area (TPSA) is 44.2 Å². The number of nitrogens with zero attached hydrogens (tertiary/aromatic N) is 2. The van der Waals surface area contributed by atoms with Crippen LogP contribution in [-0.2, 0) is 25.6 Å². The van der Waals surface area contributed by atoms with Crippen LogP contribution in [0.5, 0.6) is 0 Å². The molecule has 0 radical (unpaired) electrons. The number of hydrogen-bond donors (Lipinski definition) is 0. The Morgan fingerprint density at radius 3 is 1.62 bits per heavy atom. The Kier molecular flexibility index (Phi) is 10.4. The standard InChI is InChI=1S/C58H61BN2O2/c1-37-29-52(40-25-26-50-51(33-40)56(7,8)36-55(50,5)6)61-35-49(37)48-20-16-15-19-47(48)42-30-41(31-44(32-42)59-62-57(9,10)58(11,12)63-59)46-18-14-13-17-45(46)38-21-23-39(24-22-38)53-34-43(27-28-60-53)54(2,3)4/h13-35H,36H2,1-12H3. The van der Waals surface area contributed by atoms with Crippen LogP contribution in [0.2, 0.25) is 0 Å². The fourth-order valence-electron chi connectivity index (χ4n) is 10.1. The number of benzene rings is 5. The summed E-state index contributed by atoms with van der Waals surface area (Å²) >= 11 is 0. The molecule has 63 heavy (non-hydrogen) atoms. The van der Waals surface area contributed by atoms with Gasteiger partial charge in [-0.05, 0) is 154 Å². The maximum atomic E-state index is 6.73. The summed E-state index contributed by atoms with van der Waals surface area (Å²) in [5.41, 5.74) is 18.9. The Morgan fingerprint density at radius 1 is 0.492 bits per heavy atom. The van der Waals surface area contributed by atoms with Crippen LogP contribution in [0, 0.1) is 6.92 Å². The molecule has 1 fully saturated rings. The van der Waals surface area contributed by atoms with Crippen LogP contribution in [0.25, 0.3) is 67.0 Å². The second-order valence-electron chi connectivity index (χ2n) is 21.4. The molecule has 0 bridgehead atoms. The van der Waals surface area contributed by atoms with Gasteiger partial charge in [0.25, 0.3) is 0 Å². The summed E-state index contributed by atoms with van der Waals surface area (Å²) in [7, 11) is -0.533. The monoisotopic (exact) mass is 828 g/mol. The van der Waals surface area contributed by atoms with Crippen molar-refractivity contribution in [1.82, 2.24) is 9.97 Å². The highest BCUT2D eigenvalue weighted by Crippen LogP contribution is 2.50. The molecule has 0 atom stereocenters. The number of rotatable bonds is 7. The average Bonchev–Trinajstić information content (AvgIpc) is 3.59. The van der Waals surface area contributed by atoms with Crippen molar-refractivity contribution < 1.29 is 9.31 Å². The Balaban J connectivity index is 1.13. The zero-order chi connectivity index (χ0) is 44.7. The van der Waals surface area contributed by atoms with Gasteiger partial charge in [-0.3, -0.25) is 9.97 Å². The fraction of sp³-hybridized carbons (Fsp3) is 0.310. The Morgan fingerprint density at radius 2 is 1.02 bits per heavy atom. The quantitative estimate of drug-likeness (QED) is 0.150. The summed E-state index contributed by atoms with van der Waals surface area (Å²) in [4.78, 5) is 9.89. The summed E-state index contributed by atoms with van der Waals surface area (Å²) in [5.74, 6) is 0. The van der Waals surface area contributed by atoms with E-state index < -0.39 is 18.3 Å². The van der Waals surface area contributed by atoms with Crippen LogP contribution in [0.1, 0.15) is 105 Å². The van der Waals surface area contributed by atoms with E-state index >= 15 is 0 Å². The van der Waals surface area contributed by atoms with Crippen LogP contribution in [0.3, 0.4) is 0 Å². The van der Waals surface area contributed by atoms with Crippen LogP contribution in [-0.4, -0.2) is 28.3 Å². The number of aromatic nitrogens is 2. The van der Waals surface area contributed by atoms with E-state index in [9.17, 15) is 0 Å². The third-order valence-electron chi connectivity index (χ3n) is 14.1. The minimum atomic E-state index is -0.533. The fourth-order valence-corrected chi connectivity index (χ4v) is 10.1. The van der Waals surface area contributed by atoms with Gasteiger partial charge in [-0.25, -0.2) is 0 Å². The van der Waals surface area contributed by atoms with Crippen molar-refractivity contribution in [2.45, 2.75) is 117 Å². The molecule has 318 valence electrons. The summed E-state index contributed by atoms with van der Waals surface area (Å²) in [6, 6.07) is 46.6. The van der Waals surface area contributed by atoms with E-state index in [1.54, 1.807) is 0 Å². The van der Waals surface area contributed by atoms with Crippen molar-refractivity contribution >= 4 is 12.6 Å². The average molecular weight is 829 g/mol. The zero-order valence-electron chi connectivity index (χ0n) is 39.3. The maximum Gasteiger partial charge on any atom is 0.494 e. The van der Waals surface area contributed by atoms with Gasteiger partial charge in [-0.1, -0.05) is 146 Å². The molecule has 1 saturated heterocycles. The van der Waals surface area contributed by atoms with Crippen LogP contribution in [0.15, 0.2) is 140 Å². The summed E-state index contributed by atoms with van der Waals surface area (Å²) in [6.07, 6.45) is 5.13. The van der Waals surface area contributed by atoms with Crippen molar-refractivity contribution in [2.24, 2.45) is 0 Å². The smallest absolute Gasteiger partial charge is 0.399 e. The first-order valence-corrected chi connectivity index (χ1v) is 22.6. The molecule has 0 spiro atoms. The predicted octanol–water partition coefficient (Wildman–Crippen LogP) is 14.3. The van der Waals surface area contributed by atoms with Crippen molar-refractivity contribution in [2.75, 3.05) is 0 Å². The largest absolute Gasteiger partial charge is 0.494 e. The van der Waals surface area contributed by atoms with Gasteiger partial charge < -0.3 is 9.31 Å². The van der Waals surface area contributed by atoms with Gasteiger partial charge in [-0.2, -0.15) is 0 Å². The zero-order valence-corrected chi connectivity index (χ0v) is 39.3. The summed E-state index contributed by atoms with van der Waals surface area (Å²) < 4.78 is 13.5. The van der Waals surface area contributed by atoms with Crippen molar-refractivity contribution in [1.29, 1.82) is 0 Å².